The Morgan fingerprint density at radius 3 is 2.25 bits per heavy atom. The molecule has 2 atom stereocenters. The van der Waals surface area contributed by atoms with E-state index in [9.17, 15) is 28.4 Å². The number of aliphatic hydroxyl groups is 1. The number of alkyl carbamates (subject to hydrolysis) is 1. The van der Waals surface area contributed by atoms with Gasteiger partial charge in [0.15, 0.2) is 0 Å². The Kier molecular flexibility index (Phi) is 11.8. The number of hydrogen-bond donors (Lipinski definition) is 2. The number of ether oxygens (including phenoxy) is 2. The molecule has 3 aromatic rings. The largest absolute Gasteiger partial charge is 0.487 e. The number of nitrogens with zero attached hydrogens (tertiary/aromatic N) is 3. The minimum atomic E-state index is -4.15. The van der Waals surface area contributed by atoms with Crippen molar-refractivity contribution >= 4 is 21.8 Å². The van der Waals surface area contributed by atoms with Crippen molar-refractivity contribution in [2.24, 2.45) is 5.92 Å². The van der Waals surface area contributed by atoms with Crippen LogP contribution in [0.4, 0.5) is 10.5 Å². The highest BCUT2D eigenvalue weighted by Gasteiger charge is 2.32. The van der Waals surface area contributed by atoms with Gasteiger partial charge in [0.2, 0.25) is 10.0 Å². The highest BCUT2D eigenvalue weighted by Crippen LogP contribution is 2.22. The fraction of sp³-hybridized carbons (Fsp3) is 0.419. The van der Waals surface area contributed by atoms with Gasteiger partial charge >= 0.3 is 6.09 Å². The molecule has 44 heavy (non-hydrogen) atoms. The average Bonchev–Trinajstić information content (AvgIpc) is 2.95. The fourth-order valence-electron chi connectivity index (χ4n) is 4.26. The lowest BCUT2D eigenvalue weighted by Crippen LogP contribution is -2.51. The van der Waals surface area contributed by atoms with Gasteiger partial charge in [-0.3, -0.25) is 15.1 Å². The van der Waals surface area contributed by atoms with E-state index >= 15 is 0 Å². The Balaban J connectivity index is 1.81. The maximum atomic E-state index is 13.6. The van der Waals surface area contributed by atoms with Crippen LogP contribution < -0.4 is 10.1 Å². The molecule has 0 fully saturated rings. The molecule has 1 heterocycles. The predicted octanol–water partition coefficient (Wildman–Crippen LogP) is 4.71. The van der Waals surface area contributed by atoms with Gasteiger partial charge < -0.3 is 19.9 Å². The first-order valence-corrected chi connectivity index (χ1v) is 15.6. The molecule has 0 saturated carbocycles. The normalized spacial score (nSPS) is 13.4. The topological polar surface area (TPSA) is 161 Å². The summed E-state index contributed by atoms with van der Waals surface area (Å²) in [5, 5.41) is 25.2. The number of nitro groups is 1. The first kappa shape index (κ1) is 34.4. The molecule has 3 rings (SSSR count). The molecule has 0 aliphatic heterocycles. The molecule has 0 aliphatic carbocycles. The van der Waals surface area contributed by atoms with E-state index in [0.29, 0.717) is 5.75 Å². The second kappa shape index (κ2) is 15.1. The molecule has 2 N–H and O–H groups in total. The lowest BCUT2D eigenvalue weighted by molar-refractivity contribution is -0.384. The average molecular weight is 629 g/mol. The molecule has 0 radical (unpaired) electrons. The van der Waals surface area contributed by atoms with E-state index in [1.54, 1.807) is 51.2 Å². The molecule has 12 nitrogen and oxygen atoms in total. The maximum Gasteiger partial charge on any atom is 0.407 e. The molecular formula is C31H40N4O8S. The van der Waals surface area contributed by atoms with Crippen molar-refractivity contribution < 1.29 is 32.7 Å². The minimum Gasteiger partial charge on any atom is -0.487 e. The summed E-state index contributed by atoms with van der Waals surface area (Å²) >= 11 is 0. The van der Waals surface area contributed by atoms with Crippen LogP contribution in [0.1, 0.15) is 45.9 Å². The molecule has 0 aliphatic rings. The second-order valence-electron chi connectivity index (χ2n) is 11.7. The third-order valence-electron chi connectivity index (χ3n) is 6.30. The lowest BCUT2D eigenvalue weighted by Gasteiger charge is -2.31. The number of non-ortho nitro benzene ring substituents is 1. The number of carbonyl (C=O) groups is 1. The summed E-state index contributed by atoms with van der Waals surface area (Å²) in [6, 6.07) is 16.3. The van der Waals surface area contributed by atoms with Crippen LogP contribution in [0.3, 0.4) is 0 Å². The van der Waals surface area contributed by atoms with Crippen molar-refractivity contribution in [2.45, 2.75) is 70.3 Å². The van der Waals surface area contributed by atoms with E-state index in [2.05, 4.69) is 10.3 Å². The van der Waals surface area contributed by atoms with Gasteiger partial charge in [-0.05, 0) is 75.1 Å². The van der Waals surface area contributed by atoms with Crippen LogP contribution in [0, 0.1) is 16.0 Å². The van der Waals surface area contributed by atoms with E-state index in [0.717, 1.165) is 27.7 Å². The molecule has 0 saturated heterocycles. The van der Waals surface area contributed by atoms with Gasteiger partial charge in [-0.15, -0.1) is 0 Å². The Morgan fingerprint density at radius 1 is 1.05 bits per heavy atom. The highest BCUT2D eigenvalue weighted by atomic mass is 32.2. The number of benzene rings is 2. The third kappa shape index (κ3) is 10.6. The van der Waals surface area contributed by atoms with Crippen molar-refractivity contribution in [3.8, 4) is 5.75 Å². The minimum absolute atomic E-state index is 0.0673. The van der Waals surface area contributed by atoms with Crippen LogP contribution in [0.15, 0.2) is 77.8 Å². The summed E-state index contributed by atoms with van der Waals surface area (Å²) < 4.78 is 39.5. The summed E-state index contributed by atoms with van der Waals surface area (Å²) in [6.45, 7) is 8.81. The maximum absolute atomic E-state index is 13.6. The number of rotatable bonds is 14. The first-order valence-electron chi connectivity index (χ1n) is 14.2. The standard InChI is InChI=1S/C31H40N4O8S/c1-22(2)19-34(44(40,41)27-15-11-25(12-16-27)35(38)39)20-29(36)28(33-30(37)43-31(3,4)5)18-23-9-13-26(14-10-23)42-21-24-8-6-7-17-32-24/h6-17,22,28-29,36H,18-21H2,1-5H3,(H,33,37). The number of carbonyl (C=O) groups excluding carboxylic acids is 1. The van der Waals surface area contributed by atoms with Crippen LogP contribution in [-0.2, 0) is 27.8 Å². The summed E-state index contributed by atoms with van der Waals surface area (Å²) in [4.78, 5) is 27.3. The van der Waals surface area contributed by atoms with E-state index in [-0.39, 0.29) is 42.6 Å². The van der Waals surface area contributed by atoms with Crippen molar-refractivity contribution in [3.05, 3.63) is 94.3 Å². The SMILES string of the molecule is CC(C)CN(CC(O)C(Cc1ccc(OCc2ccccn2)cc1)NC(=O)OC(C)(C)C)S(=O)(=O)c1ccc([N+](=O)[O-])cc1. The number of hydrogen-bond acceptors (Lipinski definition) is 9. The van der Waals surface area contributed by atoms with Gasteiger partial charge in [0.25, 0.3) is 5.69 Å². The number of nitrogens with one attached hydrogen (secondary N) is 1. The van der Waals surface area contributed by atoms with Crippen molar-refractivity contribution in [1.29, 1.82) is 0 Å². The number of amides is 1. The zero-order chi connectivity index (χ0) is 32.5. The molecule has 13 heteroatoms. The summed E-state index contributed by atoms with van der Waals surface area (Å²) in [7, 11) is -4.15. The summed E-state index contributed by atoms with van der Waals surface area (Å²) in [6.07, 6.45) is -0.252. The van der Waals surface area contributed by atoms with Crippen LogP contribution >= 0.6 is 0 Å². The zero-order valence-electron chi connectivity index (χ0n) is 25.5. The van der Waals surface area contributed by atoms with E-state index in [4.69, 9.17) is 9.47 Å². The van der Waals surface area contributed by atoms with Gasteiger partial charge in [0, 0.05) is 31.4 Å². The van der Waals surface area contributed by atoms with Gasteiger partial charge in [0.05, 0.1) is 27.7 Å². The molecule has 2 aromatic carbocycles. The quantitative estimate of drug-likeness (QED) is 0.190. The van der Waals surface area contributed by atoms with Crippen LogP contribution in [0.5, 0.6) is 5.75 Å². The van der Waals surface area contributed by atoms with Crippen LogP contribution in [0.25, 0.3) is 0 Å². The molecule has 1 aromatic heterocycles. The molecule has 238 valence electrons. The molecular weight excluding hydrogens is 588 g/mol. The number of aliphatic hydroxyl groups excluding tert-OH is 1. The molecule has 1 amide bonds. The van der Waals surface area contributed by atoms with Gasteiger partial charge in [-0.2, -0.15) is 4.31 Å². The zero-order valence-corrected chi connectivity index (χ0v) is 26.4. The van der Waals surface area contributed by atoms with Crippen molar-refractivity contribution in [2.75, 3.05) is 13.1 Å². The van der Waals surface area contributed by atoms with Crippen LogP contribution in [-0.4, -0.2) is 64.7 Å². The number of aromatic nitrogens is 1. The Labute approximate surface area is 258 Å². The summed E-state index contributed by atoms with van der Waals surface area (Å²) in [5.41, 5.74) is 0.490. The molecule has 2 unspecified atom stereocenters. The predicted molar refractivity (Wildman–Crippen MR) is 165 cm³/mol. The number of nitro benzene ring substituents is 1. The third-order valence-corrected chi connectivity index (χ3v) is 8.15. The van der Waals surface area contributed by atoms with Gasteiger partial charge in [-0.1, -0.05) is 32.0 Å². The van der Waals surface area contributed by atoms with Gasteiger partial charge in [0.1, 0.15) is 18.0 Å². The van der Waals surface area contributed by atoms with Crippen molar-refractivity contribution in [1.82, 2.24) is 14.6 Å². The van der Waals surface area contributed by atoms with Crippen molar-refractivity contribution in [3.63, 3.8) is 0 Å². The Bertz CT molecular complexity index is 1480. The van der Waals surface area contributed by atoms with E-state index < -0.39 is 38.8 Å². The van der Waals surface area contributed by atoms with E-state index in [1.165, 1.54) is 12.1 Å². The Hall–Kier alpha value is -4.07. The fourth-order valence-corrected chi connectivity index (χ4v) is 5.88. The number of sulfonamides is 1. The molecule has 0 bridgehead atoms. The van der Waals surface area contributed by atoms with E-state index in [1.807, 2.05) is 32.0 Å². The monoisotopic (exact) mass is 628 g/mol. The van der Waals surface area contributed by atoms with Crippen LogP contribution in [0.2, 0.25) is 0 Å². The van der Waals surface area contributed by atoms with Gasteiger partial charge in [-0.25, -0.2) is 13.2 Å². The second-order valence-corrected chi connectivity index (χ2v) is 13.7. The Morgan fingerprint density at radius 2 is 1.70 bits per heavy atom. The highest BCUT2D eigenvalue weighted by molar-refractivity contribution is 7.89. The lowest BCUT2D eigenvalue weighted by atomic mass is 10.0. The molecule has 0 spiro atoms. The number of pyridine rings is 1. The summed E-state index contributed by atoms with van der Waals surface area (Å²) in [5.74, 6) is 0.500. The smallest absolute Gasteiger partial charge is 0.407 e. The first-order chi connectivity index (χ1) is 20.6.